The Morgan fingerprint density at radius 3 is 2.62 bits per heavy atom. The number of methoxy groups -OCH3 is 1. The molecular weight excluding hydrogens is 481 g/mol. The van der Waals surface area contributed by atoms with Crippen LogP contribution < -0.4 is 19.9 Å². The van der Waals surface area contributed by atoms with Gasteiger partial charge in [0.1, 0.15) is 17.4 Å². The number of ether oxygens (including phenoxy) is 1. The fourth-order valence-electron chi connectivity index (χ4n) is 4.38. The first-order valence-electron chi connectivity index (χ1n) is 11.7. The van der Waals surface area contributed by atoms with Crippen LogP contribution in [0.15, 0.2) is 36.5 Å². The smallest absolute Gasteiger partial charge is 0.330 e. The number of carboxylic acids is 1. The van der Waals surface area contributed by atoms with Crippen LogP contribution in [0.25, 0.3) is 0 Å². The van der Waals surface area contributed by atoms with Crippen molar-refractivity contribution in [1.29, 1.82) is 0 Å². The Morgan fingerprint density at radius 2 is 1.97 bits per heavy atom. The van der Waals surface area contributed by atoms with Crippen molar-refractivity contribution in [3.05, 3.63) is 64.6 Å². The van der Waals surface area contributed by atoms with Crippen LogP contribution in [0.2, 0.25) is 0 Å². The third kappa shape index (κ3) is 5.31. The lowest BCUT2D eigenvalue weighted by Crippen LogP contribution is -2.49. The van der Waals surface area contributed by atoms with Gasteiger partial charge in [-0.1, -0.05) is 18.2 Å². The number of rotatable bonds is 9. The van der Waals surface area contributed by atoms with Crippen molar-refractivity contribution in [2.24, 2.45) is 0 Å². The SMILES string of the molecule is COc1cc(F)c(CO)cc1Nc1ncc2c(n1)N(CCCC(=O)O)C(=O)N(c1c(C)cccc1C)C2. The molecule has 0 aliphatic carbocycles. The van der Waals surface area contributed by atoms with E-state index in [9.17, 15) is 19.1 Å². The van der Waals surface area contributed by atoms with Crippen LogP contribution in [-0.2, 0) is 17.9 Å². The van der Waals surface area contributed by atoms with Crippen molar-refractivity contribution >= 4 is 35.1 Å². The number of carbonyl (C=O) groups excluding carboxylic acids is 1. The number of carbonyl (C=O) groups is 2. The minimum atomic E-state index is -0.954. The lowest BCUT2D eigenvalue weighted by molar-refractivity contribution is -0.137. The molecule has 4 rings (SSSR count). The van der Waals surface area contributed by atoms with Gasteiger partial charge in [0.15, 0.2) is 0 Å². The molecule has 0 spiro atoms. The van der Waals surface area contributed by atoms with Crippen LogP contribution in [-0.4, -0.2) is 45.8 Å². The Hall–Kier alpha value is -4.25. The molecule has 3 aromatic rings. The zero-order valence-electron chi connectivity index (χ0n) is 20.8. The summed E-state index contributed by atoms with van der Waals surface area (Å²) in [6, 6.07) is 8.02. The van der Waals surface area contributed by atoms with Crippen molar-refractivity contribution in [1.82, 2.24) is 9.97 Å². The van der Waals surface area contributed by atoms with Crippen molar-refractivity contribution in [3.63, 3.8) is 0 Å². The van der Waals surface area contributed by atoms with E-state index in [1.165, 1.54) is 18.1 Å². The molecule has 0 unspecified atom stereocenters. The van der Waals surface area contributed by atoms with Gasteiger partial charge in [0.2, 0.25) is 5.95 Å². The number of amides is 2. The number of aliphatic hydroxyl groups is 1. The van der Waals surface area contributed by atoms with E-state index in [2.05, 4.69) is 15.3 Å². The first-order chi connectivity index (χ1) is 17.7. The number of aliphatic hydroxyl groups excluding tert-OH is 1. The molecule has 194 valence electrons. The molecule has 0 atom stereocenters. The number of aliphatic carboxylic acids is 1. The van der Waals surface area contributed by atoms with Crippen LogP contribution in [0, 0.1) is 19.7 Å². The second kappa shape index (κ2) is 10.8. The van der Waals surface area contributed by atoms with E-state index in [4.69, 9.17) is 9.84 Å². The molecule has 11 heteroatoms. The molecule has 0 saturated carbocycles. The minimum Gasteiger partial charge on any atom is -0.494 e. The Labute approximate surface area is 213 Å². The Balaban J connectivity index is 1.73. The van der Waals surface area contributed by atoms with Crippen molar-refractivity contribution in [2.45, 2.75) is 39.8 Å². The number of nitrogens with one attached hydrogen (secondary N) is 1. The Morgan fingerprint density at radius 1 is 1.24 bits per heavy atom. The average molecular weight is 510 g/mol. The number of halogens is 1. The summed E-state index contributed by atoms with van der Waals surface area (Å²) in [6.45, 7) is 3.74. The molecular formula is C26H28FN5O5. The molecule has 1 aliphatic heterocycles. The average Bonchev–Trinajstić information content (AvgIpc) is 2.86. The van der Waals surface area contributed by atoms with Gasteiger partial charge in [0.25, 0.3) is 0 Å². The molecule has 1 aromatic heterocycles. The lowest BCUT2D eigenvalue weighted by Gasteiger charge is -2.37. The highest BCUT2D eigenvalue weighted by Crippen LogP contribution is 2.35. The van der Waals surface area contributed by atoms with Gasteiger partial charge in [0, 0.05) is 36.4 Å². The van der Waals surface area contributed by atoms with Crippen molar-refractivity contribution in [2.75, 3.05) is 28.8 Å². The second-order valence-corrected chi connectivity index (χ2v) is 8.73. The predicted octanol–water partition coefficient (Wildman–Crippen LogP) is 4.29. The van der Waals surface area contributed by atoms with E-state index in [-0.39, 0.29) is 49.2 Å². The molecule has 0 radical (unpaired) electrons. The number of hydrogen-bond acceptors (Lipinski definition) is 7. The molecule has 37 heavy (non-hydrogen) atoms. The van der Waals surface area contributed by atoms with Crippen LogP contribution in [0.3, 0.4) is 0 Å². The zero-order chi connectivity index (χ0) is 26.7. The van der Waals surface area contributed by atoms with E-state index in [0.29, 0.717) is 17.1 Å². The number of carboxylic acid groups (broad SMARTS) is 1. The maximum atomic E-state index is 14.1. The standard InChI is InChI=1S/C26H28FN5O5/c1-15-6-4-7-16(2)23(15)32-13-18-12-28-25(29-20-10-17(14-33)19(27)11-21(20)37-3)30-24(18)31(26(32)36)9-5-8-22(34)35/h4,6-7,10-12,33H,5,8-9,13-14H2,1-3H3,(H,34,35)(H,28,29,30). The highest BCUT2D eigenvalue weighted by atomic mass is 19.1. The molecule has 0 bridgehead atoms. The van der Waals surface area contributed by atoms with Crippen LogP contribution >= 0.6 is 0 Å². The van der Waals surface area contributed by atoms with Gasteiger partial charge in [0.05, 0.1) is 31.6 Å². The van der Waals surface area contributed by atoms with Crippen LogP contribution in [0.1, 0.15) is 35.1 Å². The summed E-state index contributed by atoms with van der Waals surface area (Å²) in [6.07, 6.45) is 1.74. The number of aromatic nitrogens is 2. The highest BCUT2D eigenvalue weighted by Gasteiger charge is 2.34. The van der Waals surface area contributed by atoms with E-state index >= 15 is 0 Å². The summed E-state index contributed by atoms with van der Waals surface area (Å²) < 4.78 is 19.3. The van der Waals surface area contributed by atoms with Crippen LogP contribution in [0.5, 0.6) is 5.75 Å². The summed E-state index contributed by atoms with van der Waals surface area (Å²) >= 11 is 0. The maximum absolute atomic E-state index is 14.1. The number of fused-ring (bicyclic) bond motifs is 1. The molecule has 1 aliphatic rings. The first kappa shape index (κ1) is 25.8. The molecule has 2 heterocycles. The number of urea groups is 1. The summed E-state index contributed by atoms with van der Waals surface area (Å²) in [5.41, 5.74) is 3.75. The molecule has 10 nitrogen and oxygen atoms in total. The molecule has 0 fully saturated rings. The monoisotopic (exact) mass is 509 g/mol. The number of hydrogen-bond donors (Lipinski definition) is 3. The molecule has 3 N–H and O–H groups in total. The Bertz CT molecular complexity index is 1330. The van der Waals surface area contributed by atoms with Gasteiger partial charge in [-0.25, -0.2) is 14.2 Å². The topological polar surface area (TPSA) is 128 Å². The fraction of sp³-hybridized carbons (Fsp3) is 0.308. The summed E-state index contributed by atoms with van der Waals surface area (Å²) in [7, 11) is 1.39. The molecule has 2 amide bonds. The second-order valence-electron chi connectivity index (χ2n) is 8.73. The normalized spacial score (nSPS) is 12.9. The van der Waals surface area contributed by atoms with Gasteiger partial charge < -0.3 is 20.3 Å². The summed E-state index contributed by atoms with van der Waals surface area (Å²) in [5.74, 6) is -0.892. The van der Waals surface area contributed by atoms with E-state index in [1.807, 2.05) is 32.0 Å². The van der Waals surface area contributed by atoms with E-state index in [0.717, 1.165) is 22.9 Å². The van der Waals surface area contributed by atoms with Gasteiger partial charge in [-0.2, -0.15) is 4.98 Å². The highest BCUT2D eigenvalue weighted by molar-refractivity contribution is 6.06. The summed E-state index contributed by atoms with van der Waals surface area (Å²) in [5, 5.41) is 21.5. The number of anilines is 4. The number of nitrogens with zero attached hydrogens (tertiary/aromatic N) is 4. The number of benzene rings is 2. The van der Waals surface area contributed by atoms with Crippen molar-refractivity contribution in [3.8, 4) is 5.75 Å². The molecule has 0 saturated heterocycles. The minimum absolute atomic E-state index is 0.0657. The third-order valence-electron chi connectivity index (χ3n) is 6.15. The fourth-order valence-corrected chi connectivity index (χ4v) is 4.38. The van der Waals surface area contributed by atoms with E-state index in [1.54, 1.807) is 11.1 Å². The quantitative estimate of drug-likeness (QED) is 0.390. The summed E-state index contributed by atoms with van der Waals surface area (Å²) in [4.78, 5) is 36.9. The number of aryl methyl sites for hydroxylation is 2. The molecule has 2 aromatic carbocycles. The lowest BCUT2D eigenvalue weighted by atomic mass is 10.1. The Kier molecular flexibility index (Phi) is 7.53. The van der Waals surface area contributed by atoms with Gasteiger partial charge in [-0.3, -0.25) is 14.6 Å². The maximum Gasteiger partial charge on any atom is 0.330 e. The van der Waals surface area contributed by atoms with E-state index < -0.39 is 18.4 Å². The number of para-hydroxylation sites is 1. The van der Waals surface area contributed by atoms with Gasteiger partial charge in [-0.15, -0.1) is 0 Å². The third-order valence-corrected chi connectivity index (χ3v) is 6.15. The zero-order valence-corrected chi connectivity index (χ0v) is 20.8. The van der Waals surface area contributed by atoms with Gasteiger partial charge in [-0.05, 0) is 37.5 Å². The van der Waals surface area contributed by atoms with Crippen LogP contribution in [0.4, 0.5) is 32.3 Å². The van der Waals surface area contributed by atoms with Gasteiger partial charge >= 0.3 is 12.0 Å². The first-order valence-corrected chi connectivity index (χ1v) is 11.7. The van der Waals surface area contributed by atoms with Crippen molar-refractivity contribution < 1.29 is 28.9 Å². The predicted molar refractivity (Wildman–Crippen MR) is 136 cm³/mol. The largest absolute Gasteiger partial charge is 0.494 e.